The maximum absolute atomic E-state index is 14.4. The van der Waals surface area contributed by atoms with Gasteiger partial charge in [-0.15, -0.1) is 0 Å². The van der Waals surface area contributed by atoms with E-state index in [0.29, 0.717) is 16.7 Å². The van der Waals surface area contributed by atoms with Crippen molar-refractivity contribution in [3.63, 3.8) is 0 Å². The van der Waals surface area contributed by atoms with E-state index in [4.69, 9.17) is 9.63 Å². The highest BCUT2D eigenvalue weighted by Gasteiger charge is 2.19. The summed E-state index contributed by atoms with van der Waals surface area (Å²) in [7, 11) is 0. The lowest BCUT2D eigenvalue weighted by Crippen LogP contribution is -1.98. The predicted octanol–water partition coefficient (Wildman–Crippen LogP) is 4.17. The zero-order chi connectivity index (χ0) is 17.4. The SMILES string of the molecule is Cc1ccc(C(=O)O)cc1-c1noc(-c2c(C)ccc(C)c2F)n1. The fourth-order valence-corrected chi connectivity index (χ4v) is 2.47. The number of benzene rings is 2. The van der Waals surface area contributed by atoms with Crippen LogP contribution in [0.5, 0.6) is 0 Å². The predicted molar refractivity (Wildman–Crippen MR) is 86.3 cm³/mol. The quantitative estimate of drug-likeness (QED) is 0.782. The van der Waals surface area contributed by atoms with Gasteiger partial charge in [-0.05, 0) is 49.6 Å². The number of aromatic carboxylic acids is 1. The van der Waals surface area contributed by atoms with Crippen molar-refractivity contribution in [2.75, 3.05) is 0 Å². The largest absolute Gasteiger partial charge is 0.478 e. The van der Waals surface area contributed by atoms with Gasteiger partial charge in [0.2, 0.25) is 5.82 Å². The van der Waals surface area contributed by atoms with Gasteiger partial charge in [-0.25, -0.2) is 9.18 Å². The summed E-state index contributed by atoms with van der Waals surface area (Å²) in [5.41, 5.74) is 2.90. The van der Waals surface area contributed by atoms with E-state index in [9.17, 15) is 9.18 Å². The minimum atomic E-state index is -1.04. The van der Waals surface area contributed by atoms with E-state index >= 15 is 0 Å². The Hall–Kier alpha value is -3.02. The first kappa shape index (κ1) is 15.9. The van der Waals surface area contributed by atoms with Crippen molar-refractivity contribution in [2.24, 2.45) is 0 Å². The van der Waals surface area contributed by atoms with Crippen molar-refractivity contribution < 1.29 is 18.8 Å². The van der Waals surface area contributed by atoms with Crippen LogP contribution >= 0.6 is 0 Å². The second-order valence-electron chi connectivity index (χ2n) is 5.65. The summed E-state index contributed by atoms with van der Waals surface area (Å²) in [6.07, 6.45) is 0. The molecule has 0 aliphatic carbocycles. The molecule has 0 radical (unpaired) electrons. The van der Waals surface area contributed by atoms with Crippen molar-refractivity contribution >= 4 is 5.97 Å². The fraction of sp³-hybridized carbons (Fsp3) is 0.167. The number of carboxylic acid groups (broad SMARTS) is 1. The molecule has 0 saturated heterocycles. The van der Waals surface area contributed by atoms with Crippen LogP contribution < -0.4 is 0 Å². The highest BCUT2D eigenvalue weighted by atomic mass is 19.1. The number of carboxylic acids is 1. The topological polar surface area (TPSA) is 76.2 Å². The van der Waals surface area contributed by atoms with Crippen LogP contribution in [-0.4, -0.2) is 21.2 Å². The van der Waals surface area contributed by atoms with E-state index in [1.54, 1.807) is 32.0 Å². The van der Waals surface area contributed by atoms with Gasteiger partial charge < -0.3 is 9.63 Å². The highest BCUT2D eigenvalue weighted by Crippen LogP contribution is 2.30. The lowest BCUT2D eigenvalue weighted by Gasteiger charge is -2.05. The van der Waals surface area contributed by atoms with Gasteiger partial charge in [0.25, 0.3) is 5.89 Å². The molecule has 3 rings (SSSR count). The number of aryl methyl sites for hydroxylation is 3. The summed E-state index contributed by atoms with van der Waals surface area (Å²) in [5, 5.41) is 13.0. The molecular weight excluding hydrogens is 311 g/mol. The van der Waals surface area contributed by atoms with Gasteiger partial charge in [0.15, 0.2) is 0 Å². The van der Waals surface area contributed by atoms with Crippen LogP contribution in [0.25, 0.3) is 22.8 Å². The molecule has 0 atom stereocenters. The summed E-state index contributed by atoms with van der Waals surface area (Å²) in [4.78, 5) is 15.4. The second-order valence-corrected chi connectivity index (χ2v) is 5.65. The van der Waals surface area contributed by atoms with Crippen molar-refractivity contribution in [3.05, 3.63) is 58.4 Å². The Kier molecular flexibility index (Phi) is 3.89. The van der Waals surface area contributed by atoms with Crippen LogP contribution in [0, 0.1) is 26.6 Å². The van der Waals surface area contributed by atoms with Gasteiger partial charge in [0, 0.05) is 5.56 Å². The van der Waals surface area contributed by atoms with Crippen molar-refractivity contribution in [3.8, 4) is 22.8 Å². The molecule has 24 heavy (non-hydrogen) atoms. The maximum Gasteiger partial charge on any atom is 0.335 e. The average Bonchev–Trinajstić information content (AvgIpc) is 3.01. The number of rotatable bonds is 3. The number of aromatic nitrogens is 2. The summed E-state index contributed by atoms with van der Waals surface area (Å²) in [5.74, 6) is -1.14. The molecule has 0 unspecified atom stereocenters. The Balaban J connectivity index is 2.12. The zero-order valence-electron chi connectivity index (χ0n) is 13.4. The zero-order valence-corrected chi connectivity index (χ0v) is 13.4. The molecule has 5 nitrogen and oxygen atoms in total. The van der Waals surface area contributed by atoms with E-state index in [2.05, 4.69) is 10.1 Å². The lowest BCUT2D eigenvalue weighted by atomic mass is 10.0. The van der Waals surface area contributed by atoms with E-state index in [-0.39, 0.29) is 22.8 Å². The molecule has 1 aromatic heterocycles. The third kappa shape index (κ3) is 2.67. The van der Waals surface area contributed by atoms with Gasteiger partial charge in [0.05, 0.1) is 11.1 Å². The molecular formula is C18H15FN2O3. The first-order valence-electron chi connectivity index (χ1n) is 7.32. The Bertz CT molecular complexity index is 947. The molecule has 6 heteroatoms. The Labute approximate surface area is 137 Å². The van der Waals surface area contributed by atoms with E-state index < -0.39 is 11.8 Å². The molecule has 3 aromatic rings. The molecule has 1 heterocycles. The lowest BCUT2D eigenvalue weighted by molar-refractivity contribution is 0.0697. The highest BCUT2D eigenvalue weighted by molar-refractivity contribution is 5.89. The van der Waals surface area contributed by atoms with E-state index in [1.165, 1.54) is 12.1 Å². The number of hydrogen-bond donors (Lipinski definition) is 1. The summed E-state index contributed by atoms with van der Waals surface area (Å²) < 4.78 is 19.6. The standard InChI is InChI=1S/C18H15FN2O3/c1-9-6-7-12(18(22)23)8-13(9)16-20-17(24-21-16)14-10(2)4-5-11(3)15(14)19/h4-8H,1-3H3,(H,22,23). The molecule has 0 aliphatic rings. The number of nitrogens with zero attached hydrogens (tertiary/aromatic N) is 2. The number of hydrogen-bond acceptors (Lipinski definition) is 4. The molecule has 0 fully saturated rings. The summed E-state index contributed by atoms with van der Waals surface area (Å²) in [6, 6.07) is 8.13. The van der Waals surface area contributed by atoms with Gasteiger partial charge in [-0.3, -0.25) is 0 Å². The molecule has 0 amide bonds. The average molecular weight is 326 g/mol. The first-order valence-corrected chi connectivity index (χ1v) is 7.32. The molecule has 0 bridgehead atoms. The third-order valence-corrected chi connectivity index (χ3v) is 3.91. The van der Waals surface area contributed by atoms with Crippen LogP contribution in [0.1, 0.15) is 27.0 Å². The van der Waals surface area contributed by atoms with E-state index in [0.717, 1.165) is 5.56 Å². The summed E-state index contributed by atoms with van der Waals surface area (Å²) in [6.45, 7) is 5.24. The molecule has 0 aliphatic heterocycles. The second kappa shape index (κ2) is 5.88. The number of halogens is 1. The molecule has 1 N–H and O–H groups in total. The normalized spacial score (nSPS) is 10.8. The van der Waals surface area contributed by atoms with Gasteiger partial charge in [-0.1, -0.05) is 23.4 Å². The van der Waals surface area contributed by atoms with Crippen molar-refractivity contribution in [1.29, 1.82) is 0 Å². The van der Waals surface area contributed by atoms with Crippen molar-refractivity contribution in [1.82, 2.24) is 10.1 Å². The van der Waals surface area contributed by atoms with Crippen LogP contribution in [0.3, 0.4) is 0 Å². The van der Waals surface area contributed by atoms with Crippen LogP contribution in [0.2, 0.25) is 0 Å². The van der Waals surface area contributed by atoms with Crippen LogP contribution in [-0.2, 0) is 0 Å². The molecule has 0 saturated carbocycles. The Morgan fingerprint density at radius 2 is 1.75 bits per heavy atom. The van der Waals surface area contributed by atoms with Crippen LogP contribution in [0.4, 0.5) is 4.39 Å². The minimum Gasteiger partial charge on any atom is -0.478 e. The third-order valence-electron chi connectivity index (χ3n) is 3.91. The van der Waals surface area contributed by atoms with Crippen LogP contribution in [0.15, 0.2) is 34.9 Å². The Morgan fingerprint density at radius 3 is 2.46 bits per heavy atom. The number of carbonyl (C=O) groups is 1. The van der Waals surface area contributed by atoms with Gasteiger partial charge in [0.1, 0.15) is 5.82 Å². The van der Waals surface area contributed by atoms with Gasteiger partial charge >= 0.3 is 5.97 Å². The minimum absolute atomic E-state index is 0.0730. The maximum atomic E-state index is 14.4. The molecule has 122 valence electrons. The van der Waals surface area contributed by atoms with Gasteiger partial charge in [-0.2, -0.15) is 4.98 Å². The first-order chi connectivity index (χ1) is 11.4. The molecule has 2 aromatic carbocycles. The van der Waals surface area contributed by atoms with E-state index in [1.807, 2.05) is 6.92 Å². The van der Waals surface area contributed by atoms with Crippen molar-refractivity contribution in [2.45, 2.75) is 20.8 Å². The fourth-order valence-electron chi connectivity index (χ4n) is 2.47. The monoisotopic (exact) mass is 326 g/mol. The summed E-state index contributed by atoms with van der Waals surface area (Å²) >= 11 is 0. The molecule has 0 spiro atoms. The smallest absolute Gasteiger partial charge is 0.335 e. The Morgan fingerprint density at radius 1 is 1.08 bits per heavy atom.